The molecule has 0 saturated carbocycles. The van der Waals surface area contributed by atoms with Crippen molar-refractivity contribution >= 4 is 22.7 Å². The van der Waals surface area contributed by atoms with Crippen LogP contribution in [0, 0.1) is 0 Å². The van der Waals surface area contributed by atoms with Crippen molar-refractivity contribution in [2.75, 3.05) is 13.3 Å². The summed E-state index contributed by atoms with van der Waals surface area (Å²) in [5.41, 5.74) is 2.46. The lowest BCUT2D eigenvalue weighted by Crippen LogP contribution is -2.41. The first-order valence-corrected chi connectivity index (χ1v) is 9.19. The van der Waals surface area contributed by atoms with E-state index in [0.29, 0.717) is 17.1 Å². The fraction of sp³-hybridized carbons (Fsp3) is 0.238. The molecule has 0 fully saturated rings. The van der Waals surface area contributed by atoms with Gasteiger partial charge in [-0.05, 0) is 23.8 Å². The number of rotatable bonds is 5. The molecule has 0 bridgehead atoms. The Morgan fingerprint density at radius 3 is 2.72 bits per heavy atom. The molecule has 2 amide bonds. The monoisotopic (exact) mass is 395 g/mol. The topological polar surface area (TPSA) is 102 Å². The molecule has 4 rings (SSSR count). The highest BCUT2D eigenvalue weighted by Gasteiger charge is 2.19. The van der Waals surface area contributed by atoms with Crippen LogP contribution in [0.25, 0.3) is 10.9 Å². The number of nitrogens with one attached hydrogen (secondary N) is 2. The number of para-hydroxylation sites is 1. The molecule has 2 heterocycles. The number of carbonyl (C=O) groups excluding carboxylic acids is 2. The van der Waals surface area contributed by atoms with Crippen molar-refractivity contribution in [1.82, 2.24) is 15.2 Å². The van der Waals surface area contributed by atoms with Gasteiger partial charge in [-0.15, -0.1) is 0 Å². The molecule has 8 nitrogen and oxygen atoms in total. The van der Waals surface area contributed by atoms with Gasteiger partial charge >= 0.3 is 11.8 Å². The van der Waals surface area contributed by atoms with Gasteiger partial charge in [0.05, 0.1) is 6.10 Å². The van der Waals surface area contributed by atoms with Crippen LogP contribution in [0.4, 0.5) is 0 Å². The van der Waals surface area contributed by atoms with Crippen molar-refractivity contribution in [2.45, 2.75) is 12.6 Å². The van der Waals surface area contributed by atoms with Crippen LogP contribution in [0.1, 0.15) is 17.2 Å². The second kappa shape index (κ2) is 7.84. The molecule has 0 aliphatic carbocycles. The third-order valence-electron chi connectivity index (χ3n) is 4.84. The smallest absolute Gasteiger partial charge is 0.309 e. The van der Waals surface area contributed by atoms with Gasteiger partial charge in [-0.2, -0.15) is 0 Å². The normalized spacial score (nSPS) is 13.3. The number of amides is 2. The molecule has 1 unspecified atom stereocenters. The molecule has 3 N–H and O–H groups in total. The number of fused-ring (bicyclic) bond motifs is 2. The first kappa shape index (κ1) is 18.8. The van der Waals surface area contributed by atoms with E-state index in [1.807, 2.05) is 42.1 Å². The van der Waals surface area contributed by atoms with Crippen molar-refractivity contribution in [3.8, 4) is 11.5 Å². The number of ether oxygens (including phenoxy) is 2. The molecule has 0 spiro atoms. The van der Waals surface area contributed by atoms with Crippen LogP contribution in [0.5, 0.6) is 11.5 Å². The number of aryl methyl sites for hydroxylation is 1. The van der Waals surface area contributed by atoms with Crippen LogP contribution in [-0.2, 0) is 23.2 Å². The van der Waals surface area contributed by atoms with E-state index in [4.69, 9.17) is 9.47 Å². The van der Waals surface area contributed by atoms with Crippen LogP contribution in [0.3, 0.4) is 0 Å². The molecule has 1 atom stereocenters. The minimum Gasteiger partial charge on any atom is -0.454 e. The standard InChI is InChI=1S/C21H21N3O5/c1-24-11-15(14-4-2-3-5-16(14)24)17(25)10-23-21(27)20(26)22-9-13-6-7-18-19(8-13)29-12-28-18/h2-8,11,17,25H,9-10,12H2,1H3,(H,22,26)(H,23,27). The number of carbonyl (C=O) groups is 2. The Bertz CT molecular complexity index is 1080. The fourth-order valence-corrected chi connectivity index (χ4v) is 3.33. The zero-order valence-corrected chi connectivity index (χ0v) is 15.8. The zero-order chi connectivity index (χ0) is 20.4. The minimum absolute atomic E-state index is 0.0652. The largest absolute Gasteiger partial charge is 0.454 e. The van der Waals surface area contributed by atoms with Gasteiger partial charge in [-0.3, -0.25) is 9.59 Å². The predicted octanol–water partition coefficient (Wildman–Crippen LogP) is 1.37. The first-order chi connectivity index (χ1) is 14.0. The van der Waals surface area contributed by atoms with Crippen molar-refractivity contribution in [2.24, 2.45) is 7.05 Å². The summed E-state index contributed by atoms with van der Waals surface area (Å²) in [6, 6.07) is 13.0. The molecule has 29 heavy (non-hydrogen) atoms. The number of hydrogen-bond acceptors (Lipinski definition) is 5. The second-order valence-electron chi connectivity index (χ2n) is 6.81. The molecule has 0 saturated heterocycles. The summed E-state index contributed by atoms with van der Waals surface area (Å²) < 4.78 is 12.4. The molecule has 0 radical (unpaired) electrons. The molecule has 3 aromatic rings. The van der Waals surface area contributed by atoms with E-state index in [-0.39, 0.29) is 19.9 Å². The van der Waals surface area contributed by atoms with Gasteiger partial charge in [0.15, 0.2) is 11.5 Å². The van der Waals surface area contributed by atoms with Gasteiger partial charge in [0.2, 0.25) is 6.79 Å². The predicted molar refractivity (Wildman–Crippen MR) is 105 cm³/mol. The lowest BCUT2D eigenvalue weighted by Gasteiger charge is -2.11. The second-order valence-corrected chi connectivity index (χ2v) is 6.81. The van der Waals surface area contributed by atoms with E-state index in [1.165, 1.54) is 0 Å². The summed E-state index contributed by atoms with van der Waals surface area (Å²) in [7, 11) is 1.89. The summed E-state index contributed by atoms with van der Waals surface area (Å²) in [6.45, 7) is 0.283. The summed E-state index contributed by atoms with van der Waals surface area (Å²) in [6.07, 6.45) is 0.896. The Hall–Kier alpha value is -3.52. The summed E-state index contributed by atoms with van der Waals surface area (Å²) >= 11 is 0. The Labute approximate surface area is 167 Å². The van der Waals surface area contributed by atoms with Crippen LogP contribution in [0.2, 0.25) is 0 Å². The fourth-order valence-electron chi connectivity index (χ4n) is 3.33. The molecule has 150 valence electrons. The third-order valence-corrected chi connectivity index (χ3v) is 4.84. The maximum Gasteiger partial charge on any atom is 0.309 e. The molecule has 8 heteroatoms. The van der Waals surface area contributed by atoms with Crippen LogP contribution in [-0.4, -0.2) is 34.8 Å². The number of hydrogen-bond donors (Lipinski definition) is 3. The van der Waals surface area contributed by atoms with E-state index < -0.39 is 17.9 Å². The first-order valence-electron chi connectivity index (χ1n) is 9.19. The van der Waals surface area contributed by atoms with Gasteiger partial charge in [-0.25, -0.2) is 0 Å². The molecule has 1 aromatic heterocycles. The number of aliphatic hydroxyl groups is 1. The number of aliphatic hydroxyl groups excluding tert-OH is 1. The van der Waals surface area contributed by atoms with Gasteiger partial charge in [0, 0.05) is 42.8 Å². The summed E-state index contributed by atoms with van der Waals surface area (Å²) in [4.78, 5) is 24.1. The number of aromatic nitrogens is 1. The van der Waals surface area contributed by atoms with E-state index in [2.05, 4.69) is 10.6 Å². The van der Waals surface area contributed by atoms with Crippen molar-refractivity contribution in [3.05, 3.63) is 59.8 Å². The van der Waals surface area contributed by atoms with E-state index >= 15 is 0 Å². The Morgan fingerprint density at radius 2 is 1.86 bits per heavy atom. The average Bonchev–Trinajstić information content (AvgIpc) is 3.34. The van der Waals surface area contributed by atoms with Gasteiger partial charge in [-0.1, -0.05) is 24.3 Å². The van der Waals surface area contributed by atoms with Gasteiger partial charge in [0.1, 0.15) is 0 Å². The summed E-state index contributed by atoms with van der Waals surface area (Å²) in [5.74, 6) is -0.308. The van der Waals surface area contributed by atoms with Crippen molar-refractivity contribution in [1.29, 1.82) is 0 Å². The highest BCUT2D eigenvalue weighted by atomic mass is 16.7. The number of benzene rings is 2. The minimum atomic E-state index is -0.924. The Balaban J connectivity index is 1.31. The van der Waals surface area contributed by atoms with Crippen LogP contribution in [0.15, 0.2) is 48.7 Å². The molecular weight excluding hydrogens is 374 g/mol. The van der Waals surface area contributed by atoms with Crippen molar-refractivity contribution < 1.29 is 24.2 Å². The summed E-state index contributed by atoms with van der Waals surface area (Å²) in [5, 5.41) is 16.4. The number of nitrogens with zero attached hydrogens (tertiary/aromatic N) is 1. The third kappa shape index (κ3) is 3.88. The van der Waals surface area contributed by atoms with Crippen molar-refractivity contribution in [3.63, 3.8) is 0 Å². The quantitative estimate of drug-likeness (QED) is 0.567. The Morgan fingerprint density at radius 1 is 1.10 bits per heavy atom. The highest BCUT2D eigenvalue weighted by Crippen LogP contribution is 2.32. The van der Waals surface area contributed by atoms with Gasteiger partial charge in [0.25, 0.3) is 0 Å². The molecular formula is C21H21N3O5. The van der Waals surface area contributed by atoms with Gasteiger partial charge < -0.3 is 29.8 Å². The van der Waals surface area contributed by atoms with Crippen LogP contribution < -0.4 is 20.1 Å². The lowest BCUT2D eigenvalue weighted by molar-refractivity contribution is -0.139. The average molecular weight is 395 g/mol. The Kier molecular flexibility index (Phi) is 5.09. The van der Waals surface area contributed by atoms with E-state index in [1.54, 1.807) is 18.2 Å². The lowest BCUT2D eigenvalue weighted by atomic mass is 10.1. The molecule has 1 aliphatic heterocycles. The zero-order valence-electron chi connectivity index (χ0n) is 15.8. The molecule has 1 aliphatic rings. The maximum atomic E-state index is 12.1. The van der Waals surface area contributed by atoms with Crippen LogP contribution >= 0.6 is 0 Å². The maximum absolute atomic E-state index is 12.1. The SMILES string of the molecule is Cn1cc(C(O)CNC(=O)C(=O)NCc2ccc3c(c2)OCO3)c2ccccc21. The highest BCUT2D eigenvalue weighted by molar-refractivity contribution is 6.35. The van der Waals surface area contributed by atoms with E-state index in [9.17, 15) is 14.7 Å². The molecule has 2 aromatic carbocycles. The van der Waals surface area contributed by atoms with E-state index in [0.717, 1.165) is 16.5 Å².